The Morgan fingerprint density at radius 1 is 0.957 bits per heavy atom. The first kappa shape index (κ1) is 17.2. The van der Waals surface area contributed by atoms with E-state index in [1.54, 1.807) is 0 Å². The fourth-order valence-corrected chi connectivity index (χ4v) is 4.55. The maximum Gasteiger partial charge on any atom is 0.240 e. The number of hydrogen-bond acceptors (Lipinski definition) is 4. The molecule has 0 bridgehead atoms. The van der Waals surface area contributed by atoms with E-state index in [9.17, 15) is 4.79 Å². The van der Waals surface area contributed by atoms with Gasteiger partial charge in [-0.1, -0.05) is 25.7 Å². The van der Waals surface area contributed by atoms with E-state index in [0.717, 1.165) is 71.4 Å². The van der Waals surface area contributed by atoms with Crippen LogP contribution in [0.1, 0.15) is 64.2 Å². The van der Waals surface area contributed by atoms with Crippen molar-refractivity contribution < 1.29 is 9.53 Å². The fraction of sp³-hybridized carbons (Fsp3) is 0.944. The zero-order valence-electron chi connectivity index (χ0n) is 14.4. The number of likely N-dealkylation sites (tertiary alicyclic amines) is 1. The highest BCUT2D eigenvalue weighted by atomic mass is 16.5. The van der Waals surface area contributed by atoms with Gasteiger partial charge in [0.15, 0.2) is 0 Å². The van der Waals surface area contributed by atoms with E-state index in [1.165, 1.54) is 25.7 Å². The van der Waals surface area contributed by atoms with E-state index in [-0.39, 0.29) is 11.4 Å². The van der Waals surface area contributed by atoms with Crippen molar-refractivity contribution in [2.45, 2.75) is 75.3 Å². The first-order valence-electron chi connectivity index (χ1n) is 9.55. The molecule has 23 heavy (non-hydrogen) atoms. The van der Waals surface area contributed by atoms with Crippen LogP contribution in [0.25, 0.3) is 0 Å². The Morgan fingerprint density at radius 2 is 1.57 bits per heavy atom. The Hall–Kier alpha value is -0.650. The summed E-state index contributed by atoms with van der Waals surface area (Å²) in [6.07, 6.45) is 11.0. The number of piperidine rings is 1. The van der Waals surface area contributed by atoms with Gasteiger partial charge in [0, 0.05) is 25.3 Å². The predicted octanol–water partition coefficient (Wildman–Crippen LogP) is 1.80. The second-order valence-electron chi connectivity index (χ2n) is 7.78. The number of rotatable bonds is 4. The highest BCUT2D eigenvalue weighted by Gasteiger charge is 2.41. The van der Waals surface area contributed by atoms with Crippen molar-refractivity contribution in [1.29, 1.82) is 0 Å². The molecular formula is C18H33N3O2. The molecule has 0 aromatic carbocycles. The molecule has 1 saturated carbocycles. The van der Waals surface area contributed by atoms with Crippen LogP contribution in [0.4, 0.5) is 0 Å². The largest absolute Gasteiger partial charge is 0.381 e. The summed E-state index contributed by atoms with van der Waals surface area (Å²) in [5, 5.41) is 3.24. The molecule has 1 aliphatic carbocycles. The lowest BCUT2D eigenvalue weighted by atomic mass is 9.81. The number of carbonyl (C=O) groups is 1. The average Bonchev–Trinajstić information content (AvgIpc) is 2.62. The van der Waals surface area contributed by atoms with E-state index in [4.69, 9.17) is 10.5 Å². The SMILES string of the molecule is NC1(C(=O)NCC2(N3CCCCC3)CCOCC2)CCCCC1. The molecule has 3 fully saturated rings. The Balaban J connectivity index is 1.63. The van der Waals surface area contributed by atoms with E-state index >= 15 is 0 Å². The fourth-order valence-electron chi connectivity index (χ4n) is 4.55. The predicted molar refractivity (Wildman–Crippen MR) is 91.2 cm³/mol. The Morgan fingerprint density at radius 3 is 2.22 bits per heavy atom. The van der Waals surface area contributed by atoms with E-state index in [2.05, 4.69) is 10.2 Å². The number of hydrogen-bond donors (Lipinski definition) is 2. The van der Waals surface area contributed by atoms with Gasteiger partial charge in [0.1, 0.15) is 0 Å². The number of nitrogens with two attached hydrogens (primary N) is 1. The zero-order chi connectivity index (χ0) is 16.2. The molecule has 2 heterocycles. The Bertz CT molecular complexity index is 395. The van der Waals surface area contributed by atoms with E-state index < -0.39 is 5.54 Å². The minimum Gasteiger partial charge on any atom is -0.381 e. The third-order valence-corrected chi connectivity index (χ3v) is 6.23. The first-order chi connectivity index (χ1) is 11.1. The topological polar surface area (TPSA) is 67.6 Å². The second kappa shape index (κ2) is 7.49. The summed E-state index contributed by atoms with van der Waals surface area (Å²) in [5.74, 6) is 0.0695. The lowest BCUT2D eigenvalue weighted by Gasteiger charge is -2.48. The number of nitrogens with one attached hydrogen (secondary N) is 1. The van der Waals surface area contributed by atoms with Crippen molar-refractivity contribution in [2.24, 2.45) is 5.73 Å². The second-order valence-corrected chi connectivity index (χ2v) is 7.78. The third-order valence-electron chi connectivity index (χ3n) is 6.23. The molecule has 0 spiro atoms. The van der Waals surface area contributed by atoms with Gasteiger partial charge in [0.2, 0.25) is 5.91 Å². The smallest absolute Gasteiger partial charge is 0.240 e. The molecule has 5 nitrogen and oxygen atoms in total. The van der Waals surface area contributed by atoms with Crippen LogP contribution < -0.4 is 11.1 Å². The summed E-state index contributed by atoms with van der Waals surface area (Å²) < 4.78 is 5.59. The van der Waals surface area contributed by atoms with Crippen molar-refractivity contribution in [2.75, 3.05) is 32.8 Å². The normalized spacial score (nSPS) is 28.2. The molecule has 3 aliphatic rings. The maximum absolute atomic E-state index is 12.7. The van der Waals surface area contributed by atoms with Crippen molar-refractivity contribution >= 4 is 5.91 Å². The summed E-state index contributed by atoms with van der Waals surface area (Å²) >= 11 is 0. The van der Waals surface area contributed by atoms with Gasteiger partial charge in [0.05, 0.1) is 5.54 Å². The molecule has 0 radical (unpaired) electrons. The standard InChI is InChI=1S/C18H33N3O2/c19-18(7-3-1-4-8-18)16(22)20-15-17(9-13-23-14-10-17)21-11-5-2-6-12-21/h1-15,19H2,(H,20,22). The van der Waals surface area contributed by atoms with Gasteiger partial charge in [-0.25, -0.2) is 0 Å². The number of ether oxygens (including phenoxy) is 1. The summed E-state index contributed by atoms with van der Waals surface area (Å²) in [7, 11) is 0. The molecule has 0 aromatic rings. The zero-order valence-corrected chi connectivity index (χ0v) is 14.4. The third kappa shape index (κ3) is 3.89. The van der Waals surface area contributed by atoms with Crippen LogP contribution in [0.3, 0.4) is 0 Å². The van der Waals surface area contributed by atoms with Crippen molar-refractivity contribution in [3.8, 4) is 0 Å². The van der Waals surface area contributed by atoms with Crippen LogP contribution >= 0.6 is 0 Å². The molecular weight excluding hydrogens is 290 g/mol. The molecule has 132 valence electrons. The number of carbonyl (C=O) groups excluding carboxylic acids is 1. The van der Waals surface area contributed by atoms with E-state index in [1.807, 2.05) is 0 Å². The van der Waals surface area contributed by atoms with Crippen molar-refractivity contribution in [3.05, 3.63) is 0 Å². The van der Waals surface area contributed by atoms with Crippen LogP contribution in [0.2, 0.25) is 0 Å². The average molecular weight is 323 g/mol. The summed E-state index contributed by atoms with van der Waals surface area (Å²) in [4.78, 5) is 15.3. The lowest BCUT2D eigenvalue weighted by Crippen LogP contribution is -2.63. The minimum absolute atomic E-state index is 0.0695. The molecule has 2 saturated heterocycles. The van der Waals surface area contributed by atoms with Crippen LogP contribution in [0.15, 0.2) is 0 Å². The van der Waals surface area contributed by atoms with Gasteiger partial charge < -0.3 is 15.8 Å². The van der Waals surface area contributed by atoms with Crippen LogP contribution in [0.5, 0.6) is 0 Å². The minimum atomic E-state index is -0.632. The highest BCUT2D eigenvalue weighted by molar-refractivity contribution is 5.86. The van der Waals surface area contributed by atoms with Crippen LogP contribution in [-0.4, -0.2) is 54.7 Å². The molecule has 0 aromatic heterocycles. The number of nitrogens with zero attached hydrogens (tertiary/aromatic N) is 1. The first-order valence-corrected chi connectivity index (χ1v) is 9.55. The monoisotopic (exact) mass is 323 g/mol. The maximum atomic E-state index is 12.7. The number of amides is 1. The quantitative estimate of drug-likeness (QED) is 0.828. The van der Waals surface area contributed by atoms with Crippen LogP contribution in [-0.2, 0) is 9.53 Å². The molecule has 0 atom stereocenters. The molecule has 3 N–H and O–H groups in total. The summed E-state index contributed by atoms with van der Waals surface area (Å²) in [6, 6.07) is 0. The molecule has 3 rings (SSSR count). The van der Waals surface area contributed by atoms with Gasteiger partial charge >= 0.3 is 0 Å². The molecule has 2 aliphatic heterocycles. The van der Waals surface area contributed by atoms with Gasteiger partial charge in [-0.3, -0.25) is 9.69 Å². The molecule has 5 heteroatoms. The van der Waals surface area contributed by atoms with E-state index in [0.29, 0.717) is 0 Å². The van der Waals surface area contributed by atoms with Crippen molar-refractivity contribution in [1.82, 2.24) is 10.2 Å². The molecule has 1 amide bonds. The Kier molecular flexibility index (Phi) is 5.60. The van der Waals surface area contributed by atoms with Gasteiger partial charge in [-0.05, 0) is 51.6 Å². The van der Waals surface area contributed by atoms with Gasteiger partial charge in [-0.2, -0.15) is 0 Å². The van der Waals surface area contributed by atoms with Crippen LogP contribution in [0, 0.1) is 0 Å². The molecule has 0 unspecified atom stereocenters. The Labute approximate surface area is 140 Å². The van der Waals surface area contributed by atoms with Gasteiger partial charge in [0.25, 0.3) is 0 Å². The van der Waals surface area contributed by atoms with Gasteiger partial charge in [-0.15, -0.1) is 0 Å². The highest BCUT2D eigenvalue weighted by Crippen LogP contribution is 2.31. The van der Waals surface area contributed by atoms with Crippen molar-refractivity contribution in [3.63, 3.8) is 0 Å². The lowest BCUT2D eigenvalue weighted by molar-refractivity contribution is -0.129. The summed E-state index contributed by atoms with van der Waals surface area (Å²) in [5.41, 5.74) is 5.84. The summed E-state index contributed by atoms with van der Waals surface area (Å²) in [6.45, 7) is 4.65.